The highest BCUT2D eigenvalue weighted by Crippen LogP contribution is 2.05. The fourth-order valence-corrected chi connectivity index (χ4v) is 2.49. The van der Waals surface area contributed by atoms with Crippen LogP contribution in [0.1, 0.15) is 27.2 Å². The van der Waals surface area contributed by atoms with Gasteiger partial charge in [-0.25, -0.2) is 0 Å². The maximum Gasteiger partial charge on any atom is 0.325 e. The number of nitrogens with two attached hydrogens (primary N) is 1. The number of amides is 3. The van der Waals surface area contributed by atoms with Gasteiger partial charge in [0, 0.05) is 0 Å². The summed E-state index contributed by atoms with van der Waals surface area (Å²) >= 11 is 1.55. The van der Waals surface area contributed by atoms with Crippen molar-refractivity contribution in [3.05, 3.63) is 0 Å². The Morgan fingerprint density at radius 1 is 1.00 bits per heavy atom. The molecule has 4 unspecified atom stereocenters. The fourth-order valence-electron chi connectivity index (χ4n) is 2.00. The molecular formula is C16H30N4O6S. The molecular weight excluding hydrogens is 376 g/mol. The summed E-state index contributed by atoms with van der Waals surface area (Å²) < 4.78 is 0. The molecule has 0 radical (unpaired) electrons. The van der Waals surface area contributed by atoms with Crippen molar-refractivity contribution >= 4 is 35.5 Å². The molecule has 0 rings (SSSR count). The van der Waals surface area contributed by atoms with Crippen molar-refractivity contribution in [2.24, 2.45) is 11.7 Å². The summed E-state index contributed by atoms with van der Waals surface area (Å²) in [7, 11) is 0. The Balaban J connectivity index is 4.96. The van der Waals surface area contributed by atoms with Crippen LogP contribution >= 0.6 is 11.8 Å². The number of carboxylic acids is 1. The Morgan fingerprint density at radius 2 is 1.59 bits per heavy atom. The zero-order valence-corrected chi connectivity index (χ0v) is 16.8. The highest BCUT2D eigenvalue weighted by atomic mass is 32.2. The molecule has 0 aromatic heterocycles. The van der Waals surface area contributed by atoms with Gasteiger partial charge in [-0.15, -0.1) is 0 Å². The first-order valence-corrected chi connectivity index (χ1v) is 9.93. The highest BCUT2D eigenvalue weighted by Gasteiger charge is 2.30. The third kappa shape index (κ3) is 9.07. The summed E-state index contributed by atoms with van der Waals surface area (Å²) in [5.74, 6) is -2.86. The van der Waals surface area contributed by atoms with Crippen LogP contribution in [0.3, 0.4) is 0 Å². The van der Waals surface area contributed by atoms with Gasteiger partial charge in [0.1, 0.15) is 18.1 Å². The molecule has 0 aliphatic rings. The minimum Gasteiger partial charge on any atom is -0.480 e. The van der Waals surface area contributed by atoms with Crippen LogP contribution in [0.2, 0.25) is 0 Å². The lowest BCUT2D eigenvalue weighted by Crippen LogP contribution is -2.59. The number of nitrogens with one attached hydrogen (secondary N) is 3. The fraction of sp³-hybridized carbons (Fsp3) is 0.750. The molecule has 0 aromatic rings. The first kappa shape index (κ1) is 25.1. The van der Waals surface area contributed by atoms with Crippen LogP contribution in [0.25, 0.3) is 0 Å². The number of thioether (sulfide) groups is 1. The standard InChI is InChI=1S/C16H30N4O6S/c1-8(2)12(20-13(22)10(17)5-6-27-4)15(24)19-11(7-21)14(23)18-9(3)16(25)26/h8-12,21H,5-7,17H2,1-4H3,(H,18,23)(H,19,24)(H,20,22)(H,25,26). The molecule has 3 amide bonds. The van der Waals surface area contributed by atoms with Crippen LogP contribution in [-0.4, -0.2) is 76.7 Å². The summed E-state index contributed by atoms with van der Waals surface area (Å²) in [6.07, 6.45) is 2.34. The topological polar surface area (TPSA) is 171 Å². The molecule has 0 saturated carbocycles. The van der Waals surface area contributed by atoms with Gasteiger partial charge in [-0.05, 0) is 31.3 Å². The van der Waals surface area contributed by atoms with E-state index in [1.807, 2.05) is 6.26 Å². The Labute approximate surface area is 163 Å². The average molecular weight is 407 g/mol. The Hall–Kier alpha value is -1.85. The molecule has 0 aliphatic carbocycles. The number of aliphatic hydroxyl groups is 1. The number of rotatable bonds is 12. The Morgan fingerprint density at radius 3 is 2.04 bits per heavy atom. The maximum atomic E-state index is 12.5. The summed E-state index contributed by atoms with van der Waals surface area (Å²) in [5, 5.41) is 25.2. The molecule has 7 N–H and O–H groups in total. The van der Waals surface area contributed by atoms with E-state index in [-0.39, 0.29) is 5.92 Å². The molecule has 0 heterocycles. The molecule has 0 bridgehead atoms. The maximum absolute atomic E-state index is 12.5. The normalized spacial score (nSPS) is 15.4. The van der Waals surface area contributed by atoms with E-state index in [2.05, 4.69) is 16.0 Å². The molecule has 0 saturated heterocycles. The smallest absolute Gasteiger partial charge is 0.325 e. The van der Waals surface area contributed by atoms with Gasteiger partial charge in [0.15, 0.2) is 0 Å². The van der Waals surface area contributed by atoms with Crippen molar-refractivity contribution in [1.82, 2.24) is 16.0 Å². The van der Waals surface area contributed by atoms with Crippen LogP contribution in [0.15, 0.2) is 0 Å². The molecule has 10 nitrogen and oxygen atoms in total. The van der Waals surface area contributed by atoms with Crippen molar-refractivity contribution in [3.8, 4) is 0 Å². The van der Waals surface area contributed by atoms with Gasteiger partial charge in [-0.3, -0.25) is 19.2 Å². The lowest BCUT2D eigenvalue weighted by molar-refractivity contribution is -0.142. The summed E-state index contributed by atoms with van der Waals surface area (Å²) in [5.41, 5.74) is 5.79. The molecule has 0 aliphatic heterocycles. The predicted octanol–water partition coefficient (Wildman–Crippen LogP) is -1.73. The number of carbonyl (C=O) groups excluding carboxylic acids is 3. The third-order valence-corrected chi connectivity index (χ3v) is 4.41. The van der Waals surface area contributed by atoms with Crippen LogP contribution < -0.4 is 21.7 Å². The van der Waals surface area contributed by atoms with Gasteiger partial charge < -0.3 is 31.9 Å². The molecule has 156 valence electrons. The molecule has 4 atom stereocenters. The van der Waals surface area contributed by atoms with E-state index in [4.69, 9.17) is 10.8 Å². The number of hydrogen-bond donors (Lipinski definition) is 6. The second-order valence-electron chi connectivity index (χ2n) is 6.43. The van der Waals surface area contributed by atoms with Crippen molar-refractivity contribution in [2.45, 2.75) is 51.4 Å². The van der Waals surface area contributed by atoms with Crippen molar-refractivity contribution in [1.29, 1.82) is 0 Å². The number of carboxylic acid groups (broad SMARTS) is 1. The van der Waals surface area contributed by atoms with Gasteiger partial charge in [0.05, 0.1) is 12.6 Å². The summed E-state index contributed by atoms with van der Waals surface area (Å²) in [6.45, 7) is 3.94. The number of carbonyl (C=O) groups is 4. The van der Waals surface area contributed by atoms with Crippen molar-refractivity contribution in [2.75, 3.05) is 18.6 Å². The zero-order valence-electron chi connectivity index (χ0n) is 16.0. The van der Waals surface area contributed by atoms with E-state index in [1.54, 1.807) is 25.6 Å². The first-order chi connectivity index (χ1) is 12.5. The predicted molar refractivity (Wildman–Crippen MR) is 102 cm³/mol. The van der Waals surface area contributed by atoms with Crippen LogP contribution in [0.4, 0.5) is 0 Å². The highest BCUT2D eigenvalue weighted by molar-refractivity contribution is 7.98. The van der Waals surface area contributed by atoms with E-state index in [1.165, 1.54) is 6.92 Å². The quantitative estimate of drug-likeness (QED) is 0.222. The molecule has 27 heavy (non-hydrogen) atoms. The van der Waals surface area contributed by atoms with E-state index in [0.29, 0.717) is 12.2 Å². The van der Waals surface area contributed by atoms with E-state index >= 15 is 0 Å². The second-order valence-corrected chi connectivity index (χ2v) is 7.42. The van der Waals surface area contributed by atoms with Crippen LogP contribution in [0, 0.1) is 5.92 Å². The molecule has 0 aromatic carbocycles. The van der Waals surface area contributed by atoms with E-state index in [0.717, 1.165) is 0 Å². The van der Waals surface area contributed by atoms with E-state index in [9.17, 15) is 24.3 Å². The van der Waals surface area contributed by atoms with E-state index < -0.39 is 54.5 Å². The third-order valence-electron chi connectivity index (χ3n) is 3.76. The minimum absolute atomic E-state index is 0.304. The lowest BCUT2D eigenvalue weighted by atomic mass is 10.0. The zero-order chi connectivity index (χ0) is 21.1. The largest absolute Gasteiger partial charge is 0.480 e. The summed E-state index contributed by atoms with van der Waals surface area (Å²) in [6, 6.07) is -4.25. The van der Waals surface area contributed by atoms with Crippen molar-refractivity contribution in [3.63, 3.8) is 0 Å². The van der Waals surface area contributed by atoms with Gasteiger partial charge in [-0.1, -0.05) is 13.8 Å². The summed E-state index contributed by atoms with van der Waals surface area (Å²) in [4.78, 5) is 47.4. The van der Waals surface area contributed by atoms with Crippen molar-refractivity contribution < 1.29 is 29.4 Å². The van der Waals surface area contributed by atoms with Gasteiger partial charge >= 0.3 is 5.97 Å². The SMILES string of the molecule is CSCCC(N)C(=O)NC(C(=O)NC(CO)C(=O)NC(C)C(=O)O)C(C)C. The molecule has 0 fully saturated rings. The second kappa shape index (κ2) is 12.5. The number of hydrogen-bond acceptors (Lipinski definition) is 7. The first-order valence-electron chi connectivity index (χ1n) is 8.54. The molecule has 0 spiro atoms. The monoisotopic (exact) mass is 406 g/mol. The number of aliphatic carboxylic acids is 1. The van der Waals surface area contributed by atoms with Gasteiger partial charge in [0.25, 0.3) is 0 Å². The number of aliphatic hydroxyl groups excluding tert-OH is 1. The average Bonchev–Trinajstić information content (AvgIpc) is 2.60. The lowest BCUT2D eigenvalue weighted by Gasteiger charge is -2.26. The minimum atomic E-state index is -1.34. The van der Waals surface area contributed by atoms with Crippen LogP contribution in [0.5, 0.6) is 0 Å². The van der Waals surface area contributed by atoms with Gasteiger partial charge in [-0.2, -0.15) is 11.8 Å². The molecule has 11 heteroatoms. The Bertz CT molecular complexity index is 531. The Kier molecular flexibility index (Phi) is 11.7. The van der Waals surface area contributed by atoms with Gasteiger partial charge in [0.2, 0.25) is 17.7 Å². The van der Waals surface area contributed by atoms with Crippen LogP contribution in [-0.2, 0) is 19.2 Å².